The standard InChI is InChI=1S/C28H28FN5O3/c29-24-12-19(26-13-21(16-37-26)28(36)33-7-8-34-23(15-33)5-6-31-34)2-1-18(24)9-17(14-30)10-25(35)27-20-3-4-22(11-20)32-27/h1-2,5-6,12-13,16-17,20,22,27,32H,3-4,7-11,15H2/t17-,20+,22-,27+/m1/s1. The van der Waals surface area contributed by atoms with Crippen molar-refractivity contribution in [2.75, 3.05) is 6.54 Å². The van der Waals surface area contributed by atoms with Gasteiger partial charge in [-0.2, -0.15) is 10.4 Å². The number of carbonyl (C=O) groups is 2. The number of aromatic nitrogens is 2. The van der Waals surface area contributed by atoms with Gasteiger partial charge in [-0.25, -0.2) is 4.39 Å². The van der Waals surface area contributed by atoms with Crippen molar-refractivity contribution in [2.45, 2.75) is 57.3 Å². The summed E-state index contributed by atoms with van der Waals surface area (Å²) in [4.78, 5) is 27.5. The summed E-state index contributed by atoms with van der Waals surface area (Å²) in [5.74, 6) is -0.367. The van der Waals surface area contributed by atoms with Gasteiger partial charge in [0, 0.05) is 30.8 Å². The van der Waals surface area contributed by atoms with Crippen LogP contribution in [-0.4, -0.2) is 45.0 Å². The zero-order valence-corrected chi connectivity index (χ0v) is 20.4. The molecule has 1 aliphatic carbocycles. The summed E-state index contributed by atoms with van der Waals surface area (Å²) >= 11 is 0. The Hall–Kier alpha value is -3.77. The molecule has 6 rings (SSSR count). The molecular formula is C28H28FN5O3. The molecule has 2 bridgehead atoms. The first kappa shape index (κ1) is 23.6. The molecule has 8 nitrogen and oxygen atoms in total. The van der Waals surface area contributed by atoms with E-state index in [4.69, 9.17) is 4.42 Å². The Morgan fingerprint density at radius 1 is 1.24 bits per heavy atom. The molecule has 1 amide bonds. The molecule has 2 aliphatic heterocycles. The first-order valence-electron chi connectivity index (χ1n) is 12.8. The van der Waals surface area contributed by atoms with Gasteiger partial charge in [0.05, 0.1) is 42.4 Å². The minimum atomic E-state index is -0.581. The highest BCUT2D eigenvalue weighted by Gasteiger charge is 2.42. The average molecular weight is 502 g/mol. The number of amides is 1. The van der Waals surface area contributed by atoms with E-state index in [0.29, 0.717) is 54.0 Å². The third-order valence-electron chi connectivity index (χ3n) is 8.01. The first-order chi connectivity index (χ1) is 18.0. The number of carbonyl (C=O) groups excluding carboxylic acids is 2. The number of nitriles is 1. The highest BCUT2D eigenvalue weighted by Crippen LogP contribution is 2.36. The maximum Gasteiger partial charge on any atom is 0.257 e. The molecule has 4 heterocycles. The van der Waals surface area contributed by atoms with Crippen molar-refractivity contribution < 1.29 is 18.4 Å². The van der Waals surface area contributed by atoms with Crippen molar-refractivity contribution >= 4 is 11.7 Å². The van der Waals surface area contributed by atoms with E-state index in [1.807, 2.05) is 10.7 Å². The summed E-state index contributed by atoms with van der Waals surface area (Å²) < 4.78 is 22.5. The SMILES string of the molecule is N#C[C@@H](CC(=O)[C@H]1N[C@@H]2CC[C@H]1C2)Cc1ccc(-c2cc(C(=O)N3CCn4nccc4C3)co2)cc1F. The van der Waals surface area contributed by atoms with E-state index in [9.17, 15) is 14.9 Å². The third kappa shape index (κ3) is 4.58. The maximum atomic E-state index is 15.0. The van der Waals surface area contributed by atoms with E-state index < -0.39 is 11.7 Å². The summed E-state index contributed by atoms with van der Waals surface area (Å²) in [5.41, 5.74) is 2.28. The summed E-state index contributed by atoms with van der Waals surface area (Å²) in [5, 5.41) is 17.3. The molecule has 1 aromatic carbocycles. The monoisotopic (exact) mass is 501 g/mol. The minimum Gasteiger partial charge on any atom is -0.464 e. The lowest BCUT2D eigenvalue weighted by atomic mass is 9.88. The number of furan rings is 1. The normalized spacial score (nSPS) is 23.0. The van der Waals surface area contributed by atoms with Gasteiger partial charge in [0.1, 0.15) is 17.8 Å². The minimum absolute atomic E-state index is 0.0571. The van der Waals surface area contributed by atoms with Crippen LogP contribution < -0.4 is 5.32 Å². The lowest BCUT2D eigenvalue weighted by Gasteiger charge is -2.27. The van der Waals surface area contributed by atoms with Crippen LogP contribution in [0.4, 0.5) is 4.39 Å². The highest BCUT2D eigenvalue weighted by atomic mass is 19.1. The number of hydrogen-bond donors (Lipinski definition) is 1. The van der Waals surface area contributed by atoms with Gasteiger partial charge in [0.2, 0.25) is 0 Å². The molecular weight excluding hydrogens is 473 g/mol. The summed E-state index contributed by atoms with van der Waals surface area (Å²) in [6, 6.07) is 10.7. The Bertz CT molecular complexity index is 1390. The number of benzene rings is 1. The fourth-order valence-electron chi connectivity index (χ4n) is 6.02. The van der Waals surface area contributed by atoms with Crippen molar-refractivity contribution in [3.63, 3.8) is 0 Å². The molecule has 1 saturated carbocycles. The number of ketones is 1. The number of hydrogen-bond acceptors (Lipinski definition) is 6. The third-order valence-corrected chi connectivity index (χ3v) is 8.01. The number of piperidine rings is 1. The van der Waals surface area contributed by atoms with Crippen molar-refractivity contribution in [2.24, 2.45) is 11.8 Å². The summed E-state index contributed by atoms with van der Waals surface area (Å²) in [7, 11) is 0. The van der Waals surface area contributed by atoms with E-state index in [0.717, 1.165) is 25.0 Å². The molecule has 2 aromatic heterocycles. The van der Waals surface area contributed by atoms with E-state index in [1.54, 1.807) is 29.3 Å². The van der Waals surface area contributed by atoms with Crippen LogP contribution in [0.15, 0.2) is 47.2 Å². The molecule has 2 fully saturated rings. The van der Waals surface area contributed by atoms with Crippen LogP contribution in [0.3, 0.4) is 0 Å². The van der Waals surface area contributed by atoms with Gasteiger partial charge < -0.3 is 14.6 Å². The van der Waals surface area contributed by atoms with E-state index in [1.165, 1.54) is 12.3 Å². The van der Waals surface area contributed by atoms with Gasteiger partial charge in [-0.1, -0.05) is 12.1 Å². The molecule has 0 unspecified atom stereocenters. The highest BCUT2D eigenvalue weighted by molar-refractivity contribution is 5.95. The van der Waals surface area contributed by atoms with Gasteiger partial charge in [-0.05, 0) is 55.4 Å². The molecule has 4 atom stereocenters. The van der Waals surface area contributed by atoms with Crippen LogP contribution in [-0.2, 0) is 24.3 Å². The fourth-order valence-corrected chi connectivity index (χ4v) is 6.02. The zero-order valence-electron chi connectivity index (χ0n) is 20.4. The van der Waals surface area contributed by atoms with E-state index >= 15 is 4.39 Å². The molecule has 190 valence electrons. The van der Waals surface area contributed by atoms with Crippen molar-refractivity contribution in [3.05, 3.63) is 65.4 Å². The van der Waals surface area contributed by atoms with Crippen molar-refractivity contribution in [3.8, 4) is 17.4 Å². The lowest BCUT2D eigenvalue weighted by Crippen LogP contribution is -2.42. The Balaban J connectivity index is 1.10. The Labute approximate surface area is 214 Å². The Morgan fingerprint density at radius 3 is 2.89 bits per heavy atom. The van der Waals surface area contributed by atoms with Crippen molar-refractivity contribution in [1.29, 1.82) is 5.26 Å². The van der Waals surface area contributed by atoms with Crippen LogP contribution in [0.2, 0.25) is 0 Å². The zero-order chi connectivity index (χ0) is 25.5. The van der Waals surface area contributed by atoms with Crippen molar-refractivity contribution in [1.82, 2.24) is 20.0 Å². The number of fused-ring (bicyclic) bond motifs is 3. The molecule has 0 radical (unpaired) electrons. The quantitative estimate of drug-likeness (QED) is 0.529. The van der Waals surface area contributed by atoms with E-state index in [2.05, 4.69) is 16.5 Å². The average Bonchev–Trinajstić information content (AvgIpc) is 3.72. The van der Waals surface area contributed by atoms with E-state index in [-0.39, 0.29) is 30.6 Å². The van der Waals surface area contributed by atoms with Crippen LogP contribution >= 0.6 is 0 Å². The Kier molecular flexibility index (Phi) is 6.13. The molecule has 3 aliphatic rings. The number of nitrogens with one attached hydrogen (secondary N) is 1. The molecule has 0 spiro atoms. The number of halogens is 1. The molecule has 9 heteroatoms. The van der Waals surface area contributed by atoms with Crippen LogP contribution in [0, 0.1) is 29.0 Å². The number of rotatable bonds is 7. The van der Waals surface area contributed by atoms with Crippen LogP contribution in [0.1, 0.15) is 47.3 Å². The van der Waals surface area contributed by atoms with Gasteiger partial charge in [0.15, 0.2) is 5.78 Å². The molecule has 37 heavy (non-hydrogen) atoms. The topological polar surface area (TPSA) is 104 Å². The largest absolute Gasteiger partial charge is 0.464 e. The van der Waals surface area contributed by atoms with Crippen LogP contribution in [0.5, 0.6) is 0 Å². The predicted molar refractivity (Wildman–Crippen MR) is 132 cm³/mol. The van der Waals surface area contributed by atoms with Gasteiger partial charge in [0.25, 0.3) is 5.91 Å². The maximum absolute atomic E-state index is 15.0. The second-order valence-corrected chi connectivity index (χ2v) is 10.4. The second-order valence-electron chi connectivity index (χ2n) is 10.4. The predicted octanol–water partition coefficient (Wildman–Crippen LogP) is 3.72. The molecule has 3 aromatic rings. The number of nitrogens with zero attached hydrogens (tertiary/aromatic N) is 4. The first-order valence-corrected chi connectivity index (χ1v) is 12.8. The van der Waals surface area contributed by atoms with Crippen LogP contribution in [0.25, 0.3) is 11.3 Å². The van der Waals surface area contributed by atoms with Gasteiger partial charge >= 0.3 is 0 Å². The molecule has 1 N–H and O–H groups in total. The summed E-state index contributed by atoms with van der Waals surface area (Å²) in [6.07, 6.45) is 6.63. The number of Topliss-reactive ketones (excluding diaryl/α,β-unsaturated/α-hetero) is 1. The summed E-state index contributed by atoms with van der Waals surface area (Å²) in [6.45, 7) is 1.67. The Morgan fingerprint density at radius 2 is 2.14 bits per heavy atom. The lowest BCUT2D eigenvalue weighted by molar-refractivity contribution is -0.122. The van der Waals surface area contributed by atoms with Gasteiger partial charge in [-0.3, -0.25) is 14.3 Å². The molecule has 1 saturated heterocycles. The van der Waals surface area contributed by atoms with Gasteiger partial charge in [-0.15, -0.1) is 0 Å². The smallest absolute Gasteiger partial charge is 0.257 e. The second kappa shape index (κ2) is 9.60. The fraction of sp³-hybridized carbons (Fsp3) is 0.429.